The first kappa shape index (κ1) is 17.3. The van der Waals surface area contributed by atoms with Crippen molar-refractivity contribution in [3.8, 4) is 0 Å². The standard InChI is InChI=1S/C22H23N3O2/c1-2-27-22(26)20-16-23-21(19-11-7-6-10-18(19)20)25-14-12-24(13-15-25)17-8-4-3-5-9-17/h3-11,16H,2,12-15H2,1H3. The lowest BCUT2D eigenvalue weighted by Gasteiger charge is -2.37. The summed E-state index contributed by atoms with van der Waals surface area (Å²) in [5.74, 6) is 0.619. The van der Waals surface area contributed by atoms with Crippen LogP contribution in [-0.2, 0) is 4.74 Å². The van der Waals surface area contributed by atoms with Gasteiger partial charge in [-0.25, -0.2) is 9.78 Å². The van der Waals surface area contributed by atoms with Gasteiger partial charge in [-0.3, -0.25) is 0 Å². The summed E-state index contributed by atoms with van der Waals surface area (Å²) in [4.78, 5) is 21.6. The summed E-state index contributed by atoms with van der Waals surface area (Å²) in [5.41, 5.74) is 1.78. The summed E-state index contributed by atoms with van der Waals surface area (Å²) in [6.07, 6.45) is 1.65. The molecular formula is C22H23N3O2. The van der Waals surface area contributed by atoms with Crippen molar-refractivity contribution in [2.24, 2.45) is 0 Å². The zero-order chi connectivity index (χ0) is 18.6. The number of ether oxygens (including phenoxy) is 1. The fraction of sp³-hybridized carbons (Fsp3) is 0.273. The fourth-order valence-electron chi connectivity index (χ4n) is 3.62. The van der Waals surface area contributed by atoms with Gasteiger partial charge < -0.3 is 14.5 Å². The number of carbonyl (C=O) groups excluding carboxylic acids is 1. The predicted molar refractivity (Wildman–Crippen MR) is 109 cm³/mol. The molecule has 1 aliphatic heterocycles. The Balaban J connectivity index is 1.60. The summed E-state index contributed by atoms with van der Waals surface area (Å²) in [6.45, 7) is 5.85. The first-order chi connectivity index (χ1) is 13.3. The number of rotatable bonds is 4. The lowest BCUT2D eigenvalue weighted by Crippen LogP contribution is -2.46. The maximum atomic E-state index is 12.3. The Labute approximate surface area is 159 Å². The van der Waals surface area contributed by atoms with Gasteiger partial charge in [-0.15, -0.1) is 0 Å². The second-order valence-corrected chi connectivity index (χ2v) is 6.57. The fourth-order valence-corrected chi connectivity index (χ4v) is 3.62. The van der Waals surface area contributed by atoms with E-state index in [1.807, 2.05) is 37.3 Å². The first-order valence-corrected chi connectivity index (χ1v) is 9.37. The molecule has 4 rings (SSSR count). The van der Waals surface area contributed by atoms with Gasteiger partial charge in [-0.2, -0.15) is 0 Å². The van der Waals surface area contributed by atoms with E-state index < -0.39 is 0 Å². The Bertz CT molecular complexity index is 935. The van der Waals surface area contributed by atoms with Crippen LogP contribution in [0.1, 0.15) is 17.3 Å². The average Bonchev–Trinajstić information content (AvgIpc) is 2.74. The van der Waals surface area contributed by atoms with E-state index in [9.17, 15) is 4.79 Å². The number of hydrogen-bond acceptors (Lipinski definition) is 5. The molecule has 0 bridgehead atoms. The molecule has 1 saturated heterocycles. The van der Waals surface area contributed by atoms with Crippen LogP contribution in [0.4, 0.5) is 11.5 Å². The Morgan fingerprint density at radius 3 is 2.26 bits per heavy atom. The van der Waals surface area contributed by atoms with E-state index in [-0.39, 0.29) is 5.97 Å². The van der Waals surface area contributed by atoms with Crippen molar-refractivity contribution in [1.82, 2.24) is 4.98 Å². The molecule has 27 heavy (non-hydrogen) atoms. The Kier molecular flexibility index (Phi) is 4.92. The van der Waals surface area contributed by atoms with Gasteiger partial charge in [-0.1, -0.05) is 42.5 Å². The highest BCUT2D eigenvalue weighted by molar-refractivity contribution is 6.07. The molecular weight excluding hydrogens is 338 g/mol. The molecule has 1 aliphatic rings. The Morgan fingerprint density at radius 1 is 0.926 bits per heavy atom. The second kappa shape index (κ2) is 7.66. The highest BCUT2D eigenvalue weighted by Crippen LogP contribution is 2.29. The molecule has 0 radical (unpaired) electrons. The van der Waals surface area contributed by atoms with Crippen LogP contribution in [0.5, 0.6) is 0 Å². The number of aromatic nitrogens is 1. The highest BCUT2D eigenvalue weighted by Gasteiger charge is 2.22. The topological polar surface area (TPSA) is 45.7 Å². The summed E-state index contributed by atoms with van der Waals surface area (Å²) in [5, 5.41) is 1.89. The molecule has 0 amide bonds. The molecule has 1 fully saturated rings. The normalized spacial score (nSPS) is 14.4. The minimum atomic E-state index is -0.318. The van der Waals surface area contributed by atoms with Crippen LogP contribution in [0.2, 0.25) is 0 Å². The van der Waals surface area contributed by atoms with E-state index in [0.29, 0.717) is 12.2 Å². The van der Waals surface area contributed by atoms with Crippen molar-refractivity contribution >= 4 is 28.2 Å². The van der Waals surface area contributed by atoms with Gasteiger partial charge in [0, 0.05) is 48.8 Å². The number of carbonyl (C=O) groups is 1. The number of pyridine rings is 1. The third kappa shape index (κ3) is 3.45. The van der Waals surface area contributed by atoms with Crippen LogP contribution in [0.25, 0.3) is 10.8 Å². The third-order valence-electron chi connectivity index (χ3n) is 4.97. The van der Waals surface area contributed by atoms with Gasteiger partial charge in [0.25, 0.3) is 0 Å². The van der Waals surface area contributed by atoms with Crippen molar-refractivity contribution in [2.45, 2.75) is 6.92 Å². The number of hydrogen-bond donors (Lipinski definition) is 0. The molecule has 0 saturated carbocycles. The smallest absolute Gasteiger partial charge is 0.340 e. The molecule has 0 atom stereocenters. The van der Waals surface area contributed by atoms with Crippen molar-refractivity contribution in [1.29, 1.82) is 0 Å². The summed E-state index contributed by atoms with van der Waals surface area (Å²) in [7, 11) is 0. The number of anilines is 2. The predicted octanol–water partition coefficient (Wildman–Crippen LogP) is 3.74. The third-order valence-corrected chi connectivity index (χ3v) is 4.97. The lowest BCUT2D eigenvalue weighted by atomic mass is 10.1. The number of piperazine rings is 1. The number of esters is 1. The molecule has 2 heterocycles. The SMILES string of the molecule is CCOC(=O)c1cnc(N2CCN(c3ccccc3)CC2)c2ccccc12. The zero-order valence-electron chi connectivity index (χ0n) is 15.5. The van der Waals surface area contributed by atoms with Crippen molar-refractivity contribution in [3.05, 3.63) is 66.4 Å². The zero-order valence-corrected chi connectivity index (χ0v) is 15.5. The van der Waals surface area contributed by atoms with Crippen LogP contribution in [0.15, 0.2) is 60.8 Å². The van der Waals surface area contributed by atoms with Crippen molar-refractivity contribution < 1.29 is 9.53 Å². The quantitative estimate of drug-likeness (QED) is 0.663. The summed E-state index contributed by atoms with van der Waals surface area (Å²) >= 11 is 0. The number of fused-ring (bicyclic) bond motifs is 1. The molecule has 5 nitrogen and oxygen atoms in total. The molecule has 2 aromatic carbocycles. The summed E-state index contributed by atoms with van der Waals surface area (Å²) in [6, 6.07) is 18.4. The van der Waals surface area contributed by atoms with Gasteiger partial charge in [0.15, 0.2) is 0 Å². The second-order valence-electron chi connectivity index (χ2n) is 6.57. The van der Waals surface area contributed by atoms with Crippen LogP contribution in [0.3, 0.4) is 0 Å². The minimum absolute atomic E-state index is 0.318. The van der Waals surface area contributed by atoms with E-state index >= 15 is 0 Å². The number of para-hydroxylation sites is 1. The average molecular weight is 361 g/mol. The minimum Gasteiger partial charge on any atom is -0.462 e. The van der Waals surface area contributed by atoms with E-state index in [2.05, 4.69) is 39.0 Å². The van der Waals surface area contributed by atoms with E-state index in [4.69, 9.17) is 4.74 Å². The first-order valence-electron chi connectivity index (χ1n) is 9.37. The van der Waals surface area contributed by atoms with E-state index in [0.717, 1.165) is 42.8 Å². The molecule has 0 unspecified atom stereocenters. The molecule has 138 valence electrons. The number of nitrogens with zero attached hydrogens (tertiary/aromatic N) is 3. The van der Waals surface area contributed by atoms with Crippen LogP contribution < -0.4 is 9.80 Å². The summed E-state index contributed by atoms with van der Waals surface area (Å²) < 4.78 is 5.19. The van der Waals surface area contributed by atoms with Gasteiger partial charge >= 0.3 is 5.97 Å². The lowest BCUT2D eigenvalue weighted by molar-refractivity contribution is 0.0528. The molecule has 0 aliphatic carbocycles. The van der Waals surface area contributed by atoms with Gasteiger partial charge in [-0.05, 0) is 19.1 Å². The van der Waals surface area contributed by atoms with Gasteiger partial charge in [0.05, 0.1) is 12.2 Å². The highest BCUT2D eigenvalue weighted by atomic mass is 16.5. The monoisotopic (exact) mass is 361 g/mol. The molecule has 1 aromatic heterocycles. The van der Waals surface area contributed by atoms with E-state index in [1.54, 1.807) is 6.20 Å². The van der Waals surface area contributed by atoms with Crippen LogP contribution in [0, 0.1) is 0 Å². The molecule has 0 spiro atoms. The largest absolute Gasteiger partial charge is 0.462 e. The van der Waals surface area contributed by atoms with Gasteiger partial charge in [0.2, 0.25) is 0 Å². The maximum absolute atomic E-state index is 12.3. The Hall–Kier alpha value is -3.08. The Morgan fingerprint density at radius 2 is 1.56 bits per heavy atom. The van der Waals surface area contributed by atoms with Crippen molar-refractivity contribution in [3.63, 3.8) is 0 Å². The maximum Gasteiger partial charge on any atom is 0.340 e. The molecule has 5 heteroatoms. The molecule has 3 aromatic rings. The van der Waals surface area contributed by atoms with E-state index in [1.165, 1.54) is 5.69 Å². The number of benzene rings is 2. The van der Waals surface area contributed by atoms with Gasteiger partial charge in [0.1, 0.15) is 5.82 Å². The van der Waals surface area contributed by atoms with Crippen LogP contribution >= 0.6 is 0 Å². The van der Waals surface area contributed by atoms with Crippen LogP contribution in [-0.4, -0.2) is 43.7 Å². The molecule has 0 N–H and O–H groups in total. The van der Waals surface area contributed by atoms with Crippen molar-refractivity contribution in [2.75, 3.05) is 42.6 Å².